The number of amides is 1. The molecular weight excluding hydrogens is 494 g/mol. The highest BCUT2D eigenvalue weighted by atomic mass is 16.5. The number of hydrogen-bond acceptors (Lipinski definition) is 8. The van der Waals surface area contributed by atoms with Crippen LogP contribution in [0.2, 0.25) is 0 Å². The highest BCUT2D eigenvalue weighted by Crippen LogP contribution is 2.32. The van der Waals surface area contributed by atoms with Gasteiger partial charge in [-0.25, -0.2) is 4.98 Å². The van der Waals surface area contributed by atoms with Crippen LogP contribution >= 0.6 is 0 Å². The van der Waals surface area contributed by atoms with Gasteiger partial charge in [0.15, 0.2) is 0 Å². The normalized spacial score (nSPS) is 19.7. The third kappa shape index (κ3) is 5.31. The average Bonchev–Trinajstić information content (AvgIpc) is 3.34. The molecule has 3 aliphatic rings. The van der Waals surface area contributed by atoms with E-state index < -0.39 is 5.91 Å². The van der Waals surface area contributed by atoms with E-state index in [0.717, 1.165) is 80.2 Å². The Morgan fingerprint density at radius 3 is 2.64 bits per heavy atom. The first-order chi connectivity index (χ1) is 19.1. The Morgan fingerprint density at radius 2 is 1.87 bits per heavy atom. The lowest BCUT2D eigenvalue weighted by Crippen LogP contribution is -2.39. The van der Waals surface area contributed by atoms with Crippen LogP contribution in [-0.2, 0) is 9.47 Å². The molecular formula is C29H33N7O3. The molecule has 5 N–H and O–H groups in total. The first-order valence-corrected chi connectivity index (χ1v) is 13.4. The number of nitrogens with two attached hydrogens (primary N) is 1. The van der Waals surface area contributed by atoms with Crippen molar-refractivity contribution in [2.45, 2.75) is 0 Å². The van der Waals surface area contributed by atoms with E-state index >= 15 is 0 Å². The number of pyridine rings is 1. The fraction of sp³-hybridized carbons (Fsp3) is 0.345. The number of fused-ring (bicyclic) bond motifs is 3. The van der Waals surface area contributed by atoms with Crippen LogP contribution in [0.4, 0.5) is 5.69 Å². The van der Waals surface area contributed by atoms with Crippen molar-refractivity contribution in [3.05, 3.63) is 65.5 Å². The molecule has 1 aromatic carbocycles. The maximum atomic E-state index is 12.5. The molecule has 4 heterocycles. The number of nitrogens with zero attached hydrogens (tertiary/aromatic N) is 3. The van der Waals surface area contributed by atoms with E-state index in [9.17, 15) is 4.79 Å². The van der Waals surface area contributed by atoms with Crippen molar-refractivity contribution in [1.29, 1.82) is 5.41 Å². The van der Waals surface area contributed by atoms with Crippen LogP contribution in [0.5, 0.6) is 0 Å². The predicted molar refractivity (Wildman–Crippen MR) is 153 cm³/mol. The highest BCUT2D eigenvalue weighted by molar-refractivity contribution is 6.15. The maximum Gasteiger partial charge on any atom is 0.250 e. The van der Waals surface area contributed by atoms with Gasteiger partial charge in [0.2, 0.25) is 0 Å². The predicted octanol–water partition coefficient (Wildman–Crippen LogP) is 2.43. The maximum absolute atomic E-state index is 12.5. The third-order valence-electron chi connectivity index (χ3n) is 7.46. The zero-order valence-electron chi connectivity index (χ0n) is 21.8. The molecule has 0 bridgehead atoms. The van der Waals surface area contributed by atoms with Gasteiger partial charge in [-0.05, 0) is 36.4 Å². The molecule has 1 amide bonds. The minimum atomic E-state index is -0.516. The summed E-state index contributed by atoms with van der Waals surface area (Å²) in [5.41, 5.74) is 12.2. The molecule has 0 radical (unpaired) electrons. The van der Waals surface area contributed by atoms with Gasteiger partial charge in [0.1, 0.15) is 0 Å². The second kappa shape index (κ2) is 11.0. The van der Waals surface area contributed by atoms with Gasteiger partial charge in [0.05, 0.1) is 59.9 Å². The Kier molecular flexibility index (Phi) is 7.14. The number of hydrogen-bond donors (Lipinski definition) is 4. The number of anilines is 1. The number of aromatic amines is 1. The first-order valence-electron chi connectivity index (χ1n) is 13.4. The molecule has 6 rings (SSSR count). The summed E-state index contributed by atoms with van der Waals surface area (Å²) >= 11 is 0. The standard InChI is InChI=1S/C29H33N7O3/c30-24-4-1-19(15-20(24)18-32-5-6-35-7-11-38-12-8-35)25-17-23(29(31)37)28-27(33-25)22-3-2-21(16-26(22)34-28)36-9-13-39-14-10-36/h1-4,15-18,30,32,34H,5-14H2,(H2,31,37)/b20-18-,30-24?. The monoisotopic (exact) mass is 527 g/mol. The second-order valence-electron chi connectivity index (χ2n) is 9.95. The summed E-state index contributed by atoms with van der Waals surface area (Å²) in [7, 11) is 0. The van der Waals surface area contributed by atoms with E-state index in [-0.39, 0.29) is 0 Å². The third-order valence-corrected chi connectivity index (χ3v) is 7.46. The van der Waals surface area contributed by atoms with Crippen molar-refractivity contribution in [1.82, 2.24) is 20.2 Å². The topological polar surface area (TPSA) is 133 Å². The Bertz CT molecular complexity index is 1510. The minimum Gasteiger partial charge on any atom is -0.389 e. The first kappa shape index (κ1) is 25.3. The molecule has 1 aliphatic carbocycles. The number of morpholine rings is 2. The zero-order chi connectivity index (χ0) is 26.8. The lowest BCUT2D eigenvalue weighted by molar-refractivity contribution is 0.0388. The number of allylic oxidation sites excluding steroid dienone is 5. The Morgan fingerprint density at radius 1 is 1.10 bits per heavy atom. The lowest BCUT2D eigenvalue weighted by Gasteiger charge is -2.28. The van der Waals surface area contributed by atoms with E-state index in [1.165, 1.54) is 0 Å². The fourth-order valence-corrected chi connectivity index (χ4v) is 5.27. The molecule has 202 valence electrons. The zero-order valence-corrected chi connectivity index (χ0v) is 21.8. The van der Waals surface area contributed by atoms with Crippen LogP contribution in [0.1, 0.15) is 16.1 Å². The van der Waals surface area contributed by atoms with Crippen molar-refractivity contribution in [3.63, 3.8) is 0 Å². The molecule has 0 unspecified atom stereocenters. The molecule has 0 spiro atoms. The van der Waals surface area contributed by atoms with Crippen LogP contribution in [0.25, 0.3) is 27.5 Å². The quantitative estimate of drug-likeness (QED) is 0.347. The SMILES string of the molecule is N=C1C=CC(c2cc(C(N)=O)c3[nH]c4cc(N5CCOCC5)ccc4c3n2)=C/C1=C/NCCN1CCOCC1. The van der Waals surface area contributed by atoms with Gasteiger partial charge in [0, 0.05) is 67.7 Å². The Labute approximate surface area is 226 Å². The van der Waals surface area contributed by atoms with Crippen LogP contribution in [0.15, 0.2) is 54.3 Å². The number of H-pyrrole nitrogens is 1. The van der Waals surface area contributed by atoms with Crippen molar-refractivity contribution in [3.8, 4) is 0 Å². The number of carbonyl (C=O) groups excluding carboxylic acids is 1. The van der Waals surface area contributed by atoms with E-state index in [4.69, 9.17) is 25.6 Å². The fourth-order valence-electron chi connectivity index (χ4n) is 5.27. The van der Waals surface area contributed by atoms with Gasteiger partial charge in [-0.1, -0.05) is 6.08 Å². The number of rotatable bonds is 7. The van der Waals surface area contributed by atoms with Crippen molar-refractivity contribution in [2.24, 2.45) is 5.73 Å². The molecule has 39 heavy (non-hydrogen) atoms. The largest absolute Gasteiger partial charge is 0.389 e. The summed E-state index contributed by atoms with van der Waals surface area (Å²) in [6.07, 6.45) is 7.41. The summed E-state index contributed by atoms with van der Waals surface area (Å²) in [5, 5.41) is 12.7. The molecule has 2 fully saturated rings. The number of benzene rings is 1. The molecule has 0 atom stereocenters. The molecule has 2 saturated heterocycles. The van der Waals surface area contributed by atoms with Crippen molar-refractivity contribution < 1.29 is 14.3 Å². The lowest BCUT2D eigenvalue weighted by atomic mass is 9.97. The molecule has 0 saturated carbocycles. The molecule has 10 nitrogen and oxygen atoms in total. The van der Waals surface area contributed by atoms with Crippen molar-refractivity contribution >= 4 is 44.8 Å². The minimum absolute atomic E-state index is 0.392. The highest BCUT2D eigenvalue weighted by Gasteiger charge is 2.19. The van der Waals surface area contributed by atoms with Gasteiger partial charge in [0.25, 0.3) is 5.91 Å². The molecule has 2 aliphatic heterocycles. The van der Waals surface area contributed by atoms with Crippen LogP contribution in [0, 0.1) is 5.41 Å². The van der Waals surface area contributed by atoms with Gasteiger partial charge in [-0.15, -0.1) is 0 Å². The number of carbonyl (C=O) groups is 1. The Hall–Kier alpha value is -3.99. The van der Waals surface area contributed by atoms with Gasteiger partial charge >= 0.3 is 0 Å². The molecule has 2 aromatic heterocycles. The summed E-state index contributed by atoms with van der Waals surface area (Å²) < 4.78 is 10.9. The van der Waals surface area contributed by atoms with E-state index in [0.29, 0.717) is 41.2 Å². The van der Waals surface area contributed by atoms with Gasteiger partial charge < -0.3 is 35.8 Å². The van der Waals surface area contributed by atoms with E-state index in [1.54, 1.807) is 12.1 Å². The smallest absolute Gasteiger partial charge is 0.250 e. The van der Waals surface area contributed by atoms with Crippen LogP contribution in [0.3, 0.4) is 0 Å². The van der Waals surface area contributed by atoms with Gasteiger partial charge in [-0.2, -0.15) is 0 Å². The number of aromatic nitrogens is 2. The summed E-state index contributed by atoms with van der Waals surface area (Å²) in [6.45, 7) is 8.24. The number of nitrogens with one attached hydrogen (secondary N) is 3. The van der Waals surface area contributed by atoms with Crippen LogP contribution < -0.4 is 16.0 Å². The molecule has 3 aromatic rings. The van der Waals surface area contributed by atoms with E-state index in [1.807, 2.05) is 24.4 Å². The van der Waals surface area contributed by atoms with E-state index in [2.05, 4.69) is 32.2 Å². The number of ether oxygens (including phenoxy) is 2. The van der Waals surface area contributed by atoms with Gasteiger partial charge in [-0.3, -0.25) is 9.69 Å². The molecule has 10 heteroatoms. The summed E-state index contributed by atoms with van der Waals surface area (Å²) in [5.74, 6) is -0.516. The summed E-state index contributed by atoms with van der Waals surface area (Å²) in [6, 6.07) is 7.96. The van der Waals surface area contributed by atoms with Crippen LogP contribution in [-0.4, -0.2) is 92.2 Å². The van der Waals surface area contributed by atoms with Crippen molar-refractivity contribution in [2.75, 3.05) is 70.6 Å². The number of primary amides is 1. The second-order valence-corrected chi connectivity index (χ2v) is 9.95. The Balaban J connectivity index is 1.30. The average molecular weight is 528 g/mol. The summed E-state index contributed by atoms with van der Waals surface area (Å²) in [4.78, 5) is 25.5.